The second-order valence-corrected chi connectivity index (χ2v) is 5.51. The van der Waals surface area contributed by atoms with Gasteiger partial charge in [-0.25, -0.2) is 5.43 Å². The average molecular weight is 339 g/mol. The predicted octanol–water partition coefficient (Wildman–Crippen LogP) is 2.12. The van der Waals surface area contributed by atoms with Crippen LogP contribution in [0.3, 0.4) is 0 Å². The number of hydrazone groups is 1. The number of benzene rings is 2. The highest BCUT2D eigenvalue weighted by atomic mass is 16.7. The maximum Gasteiger partial charge on any atom is 0.329 e. The fourth-order valence-electron chi connectivity index (χ4n) is 2.28. The molecule has 25 heavy (non-hydrogen) atoms. The molecule has 0 atom stereocenters. The molecule has 3 rings (SSSR count). The zero-order valence-electron chi connectivity index (χ0n) is 13.8. The topological polar surface area (TPSA) is 89.0 Å². The molecule has 0 fully saturated rings. The summed E-state index contributed by atoms with van der Waals surface area (Å²) in [5.41, 5.74) is 5.44. The van der Waals surface area contributed by atoms with Gasteiger partial charge in [0.15, 0.2) is 11.5 Å². The van der Waals surface area contributed by atoms with Crippen LogP contribution in [0.4, 0.5) is 5.69 Å². The summed E-state index contributed by atoms with van der Waals surface area (Å²) in [6, 6.07) is 10.7. The van der Waals surface area contributed by atoms with Gasteiger partial charge in [0, 0.05) is 5.69 Å². The summed E-state index contributed by atoms with van der Waals surface area (Å²) in [7, 11) is 0. The largest absolute Gasteiger partial charge is 0.454 e. The number of nitrogens with one attached hydrogen (secondary N) is 2. The van der Waals surface area contributed by atoms with Crippen molar-refractivity contribution in [1.29, 1.82) is 0 Å². The number of nitrogens with zero attached hydrogens (tertiary/aromatic N) is 1. The lowest BCUT2D eigenvalue weighted by Gasteiger charge is -2.09. The summed E-state index contributed by atoms with van der Waals surface area (Å²) < 4.78 is 10.5. The SMILES string of the molecule is Cc1cccc(NC(=O)C(=O)N/N=C/c2ccc3c(c2)OCO3)c1C. The average Bonchev–Trinajstić information content (AvgIpc) is 3.06. The van der Waals surface area contributed by atoms with E-state index in [0.29, 0.717) is 22.7 Å². The number of hydrogen-bond acceptors (Lipinski definition) is 5. The number of ether oxygens (including phenoxy) is 2. The number of carbonyl (C=O) groups is 2. The van der Waals surface area contributed by atoms with Crippen molar-refractivity contribution in [2.45, 2.75) is 13.8 Å². The molecule has 1 aliphatic heterocycles. The maximum absolute atomic E-state index is 11.9. The number of fused-ring (bicyclic) bond motifs is 1. The number of hydrogen-bond donors (Lipinski definition) is 2. The fraction of sp³-hybridized carbons (Fsp3) is 0.167. The Hall–Kier alpha value is -3.35. The van der Waals surface area contributed by atoms with Crippen molar-refractivity contribution in [3.8, 4) is 11.5 Å². The molecular formula is C18H17N3O4. The molecule has 0 saturated carbocycles. The van der Waals surface area contributed by atoms with E-state index >= 15 is 0 Å². The zero-order chi connectivity index (χ0) is 17.8. The molecule has 0 aromatic heterocycles. The van der Waals surface area contributed by atoms with Gasteiger partial charge in [-0.15, -0.1) is 0 Å². The number of rotatable bonds is 3. The molecule has 0 radical (unpaired) electrons. The van der Waals surface area contributed by atoms with Gasteiger partial charge in [0.25, 0.3) is 0 Å². The number of anilines is 1. The van der Waals surface area contributed by atoms with Crippen molar-refractivity contribution >= 4 is 23.7 Å². The van der Waals surface area contributed by atoms with Gasteiger partial charge in [-0.05, 0) is 54.8 Å². The van der Waals surface area contributed by atoms with Gasteiger partial charge in [0.05, 0.1) is 6.21 Å². The standard InChI is InChI=1S/C18H17N3O4/c1-11-4-3-5-14(12(11)2)20-17(22)18(23)21-19-9-13-6-7-15-16(8-13)25-10-24-15/h3-9H,10H2,1-2H3,(H,20,22)(H,21,23)/b19-9+. The molecule has 2 aromatic carbocycles. The summed E-state index contributed by atoms with van der Waals surface area (Å²) in [6.07, 6.45) is 1.42. The first-order valence-electron chi connectivity index (χ1n) is 7.65. The van der Waals surface area contributed by atoms with Gasteiger partial charge in [-0.2, -0.15) is 5.10 Å². The van der Waals surface area contributed by atoms with E-state index in [1.165, 1.54) is 6.21 Å². The van der Waals surface area contributed by atoms with Gasteiger partial charge in [-0.1, -0.05) is 12.1 Å². The highest BCUT2D eigenvalue weighted by molar-refractivity contribution is 6.39. The third kappa shape index (κ3) is 3.77. The van der Waals surface area contributed by atoms with E-state index in [1.807, 2.05) is 26.0 Å². The van der Waals surface area contributed by atoms with Crippen molar-refractivity contribution in [2.75, 3.05) is 12.1 Å². The Labute approximate surface area is 144 Å². The van der Waals surface area contributed by atoms with E-state index in [2.05, 4.69) is 15.8 Å². The van der Waals surface area contributed by atoms with Crippen molar-refractivity contribution in [1.82, 2.24) is 5.43 Å². The Morgan fingerprint density at radius 3 is 2.72 bits per heavy atom. The van der Waals surface area contributed by atoms with Crippen molar-refractivity contribution in [3.63, 3.8) is 0 Å². The molecule has 2 aromatic rings. The molecule has 128 valence electrons. The molecule has 0 unspecified atom stereocenters. The van der Waals surface area contributed by atoms with Gasteiger partial charge < -0.3 is 14.8 Å². The summed E-state index contributed by atoms with van der Waals surface area (Å²) in [6.45, 7) is 3.99. The Bertz CT molecular complexity index is 861. The molecule has 2 N–H and O–H groups in total. The molecule has 1 heterocycles. The van der Waals surface area contributed by atoms with Crippen LogP contribution in [0.5, 0.6) is 11.5 Å². The molecule has 0 bridgehead atoms. The van der Waals surface area contributed by atoms with Gasteiger partial charge >= 0.3 is 11.8 Å². The van der Waals surface area contributed by atoms with E-state index < -0.39 is 11.8 Å². The lowest BCUT2D eigenvalue weighted by Crippen LogP contribution is -2.32. The van der Waals surface area contributed by atoms with Crippen LogP contribution in [0.25, 0.3) is 0 Å². The minimum absolute atomic E-state index is 0.186. The normalized spacial score (nSPS) is 12.2. The highest BCUT2D eigenvalue weighted by Crippen LogP contribution is 2.31. The quantitative estimate of drug-likeness (QED) is 0.509. The van der Waals surface area contributed by atoms with Crippen LogP contribution in [0.2, 0.25) is 0 Å². The van der Waals surface area contributed by atoms with Crippen LogP contribution in [-0.2, 0) is 9.59 Å². The molecule has 7 nitrogen and oxygen atoms in total. The van der Waals surface area contributed by atoms with E-state index in [1.54, 1.807) is 24.3 Å². The first-order valence-corrected chi connectivity index (χ1v) is 7.65. The Balaban J connectivity index is 1.58. The van der Waals surface area contributed by atoms with E-state index in [-0.39, 0.29) is 6.79 Å². The van der Waals surface area contributed by atoms with Crippen molar-refractivity contribution in [2.24, 2.45) is 5.10 Å². The first kappa shape index (κ1) is 16.5. The third-order valence-electron chi connectivity index (χ3n) is 3.84. The van der Waals surface area contributed by atoms with Crippen LogP contribution < -0.4 is 20.2 Å². The maximum atomic E-state index is 11.9. The summed E-state index contributed by atoms with van der Waals surface area (Å²) in [5.74, 6) is -0.355. The van der Waals surface area contributed by atoms with E-state index in [9.17, 15) is 9.59 Å². The zero-order valence-corrected chi connectivity index (χ0v) is 13.8. The van der Waals surface area contributed by atoms with E-state index in [4.69, 9.17) is 9.47 Å². The van der Waals surface area contributed by atoms with E-state index in [0.717, 1.165) is 11.1 Å². The van der Waals surface area contributed by atoms with Crippen LogP contribution in [0.15, 0.2) is 41.5 Å². The Kier molecular flexibility index (Phi) is 4.65. The minimum atomic E-state index is -0.849. The molecule has 0 saturated heterocycles. The second kappa shape index (κ2) is 7.04. The van der Waals surface area contributed by atoms with Crippen molar-refractivity contribution < 1.29 is 19.1 Å². The number of carbonyl (C=O) groups excluding carboxylic acids is 2. The van der Waals surface area contributed by atoms with Gasteiger partial charge in [0.2, 0.25) is 6.79 Å². The monoisotopic (exact) mass is 339 g/mol. The predicted molar refractivity (Wildman–Crippen MR) is 92.8 cm³/mol. The Morgan fingerprint density at radius 1 is 1.08 bits per heavy atom. The number of amides is 2. The fourth-order valence-corrected chi connectivity index (χ4v) is 2.28. The van der Waals surface area contributed by atoms with Crippen LogP contribution in [-0.4, -0.2) is 24.8 Å². The summed E-state index contributed by atoms with van der Waals surface area (Å²) in [4.78, 5) is 23.8. The molecule has 7 heteroatoms. The smallest absolute Gasteiger partial charge is 0.329 e. The second-order valence-electron chi connectivity index (χ2n) is 5.51. The molecule has 0 spiro atoms. The Morgan fingerprint density at radius 2 is 1.88 bits per heavy atom. The summed E-state index contributed by atoms with van der Waals surface area (Å²) in [5, 5.41) is 6.36. The van der Waals surface area contributed by atoms with Gasteiger partial charge in [0.1, 0.15) is 0 Å². The molecule has 0 aliphatic carbocycles. The highest BCUT2D eigenvalue weighted by Gasteiger charge is 2.15. The first-order chi connectivity index (χ1) is 12.0. The lowest BCUT2D eigenvalue weighted by atomic mass is 10.1. The van der Waals surface area contributed by atoms with Crippen LogP contribution >= 0.6 is 0 Å². The number of aryl methyl sites for hydroxylation is 1. The molecule has 1 aliphatic rings. The third-order valence-corrected chi connectivity index (χ3v) is 3.84. The van der Waals surface area contributed by atoms with Gasteiger partial charge in [-0.3, -0.25) is 9.59 Å². The molecule has 2 amide bonds. The van der Waals surface area contributed by atoms with Crippen LogP contribution in [0, 0.1) is 13.8 Å². The van der Waals surface area contributed by atoms with Crippen molar-refractivity contribution in [3.05, 3.63) is 53.1 Å². The van der Waals surface area contributed by atoms with Crippen LogP contribution in [0.1, 0.15) is 16.7 Å². The minimum Gasteiger partial charge on any atom is -0.454 e. The molecular weight excluding hydrogens is 322 g/mol. The lowest BCUT2D eigenvalue weighted by molar-refractivity contribution is -0.136. The summed E-state index contributed by atoms with van der Waals surface area (Å²) >= 11 is 0.